The van der Waals surface area contributed by atoms with Gasteiger partial charge in [0.05, 0.1) is 31.7 Å². The molecule has 0 saturated carbocycles. The number of β-amino-alcohol motifs (C(OH)–C–C–N with tert-alkyl or cyclic N) is 1. The smallest absolute Gasteiger partial charge is 0.213 e. The highest BCUT2D eigenvalue weighted by atomic mass is 32.2. The molecule has 0 aromatic rings. The second-order valence-electron chi connectivity index (χ2n) is 4.43. The average molecular weight is 296 g/mol. The van der Waals surface area contributed by atoms with E-state index in [-0.39, 0.29) is 18.9 Å². The van der Waals surface area contributed by atoms with Crippen molar-refractivity contribution in [2.45, 2.75) is 13.0 Å². The van der Waals surface area contributed by atoms with E-state index in [1.165, 1.54) is 0 Å². The number of rotatable bonds is 9. The number of aliphatic hydroxyl groups excluding tert-OH is 1. The van der Waals surface area contributed by atoms with Gasteiger partial charge in [0.15, 0.2) is 0 Å². The van der Waals surface area contributed by atoms with Crippen LogP contribution in [0.5, 0.6) is 0 Å². The van der Waals surface area contributed by atoms with Crippen molar-refractivity contribution in [3.05, 3.63) is 0 Å². The summed E-state index contributed by atoms with van der Waals surface area (Å²) in [5.41, 5.74) is 0. The molecule has 0 aliphatic carbocycles. The van der Waals surface area contributed by atoms with E-state index in [2.05, 4.69) is 9.62 Å². The van der Waals surface area contributed by atoms with Crippen LogP contribution in [0.15, 0.2) is 0 Å². The lowest BCUT2D eigenvalue weighted by molar-refractivity contribution is 0.0158. The van der Waals surface area contributed by atoms with Gasteiger partial charge in [-0.1, -0.05) is 0 Å². The third-order valence-electron chi connectivity index (χ3n) is 2.81. The summed E-state index contributed by atoms with van der Waals surface area (Å²) < 4.78 is 35.7. The van der Waals surface area contributed by atoms with E-state index in [4.69, 9.17) is 9.47 Å². The monoisotopic (exact) mass is 296 g/mol. The van der Waals surface area contributed by atoms with Crippen molar-refractivity contribution in [2.24, 2.45) is 0 Å². The SMILES string of the molecule is CCOCCS(=O)(=O)NC[C@H](O)CN1CCOCC1. The maximum Gasteiger partial charge on any atom is 0.213 e. The molecule has 1 heterocycles. The zero-order chi connectivity index (χ0) is 14.1. The molecule has 0 aromatic heterocycles. The highest BCUT2D eigenvalue weighted by Gasteiger charge is 2.17. The lowest BCUT2D eigenvalue weighted by Crippen LogP contribution is -2.45. The van der Waals surface area contributed by atoms with Gasteiger partial charge in [-0.15, -0.1) is 0 Å². The molecule has 1 atom stereocenters. The number of sulfonamides is 1. The Bertz CT molecular complexity index is 330. The molecular formula is C11H24N2O5S. The Morgan fingerprint density at radius 2 is 2.11 bits per heavy atom. The molecule has 1 saturated heterocycles. The normalized spacial score (nSPS) is 19.5. The number of aliphatic hydroxyl groups is 1. The molecule has 114 valence electrons. The van der Waals surface area contributed by atoms with Crippen molar-refractivity contribution < 1.29 is 23.0 Å². The highest BCUT2D eigenvalue weighted by molar-refractivity contribution is 7.89. The summed E-state index contributed by atoms with van der Waals surface area (Å²) in [5, 5.41) is 9.80. The molecule has 1 aliphatic heterocycles. The van der Waals surface area contributed by atoms with E-state index in [0.29, 0.717) is 26.4 Å². The lowest BCUT2D eigenvalue weighted by Gasteiger charge is -2.28. The van der Waals surface area contributed by atoms with Crippen molar-refractivity contribution in [1.29, 1.82) is 0 Å². The van der Waals surface area contributed by atoms with Crippen LogP contribution in [0.3, 0.4) is 0 Å². The maximum atomic E-state index is 11.6. The van der Waals surface area contributed by atoms with Crippen LogP contribution in [0, 0.1) is 0 Å². The molecule has 0 aromatic carbocycles. The van der Waals surface area contributed by atoms with E-state index in [1.807, 2.05) is 6.92 Å². The van der Waals surface area contributed by atoms with Gasteiger partial charge in [0, 0.05) is 32.8 Å². The quantitative estimate of drug-likeness (QED) is 0.511. The van der Waals surface area contributed by atoms with Crippen molar-refractivity contribution >= 4 is 10.0 Å². The minimum absolute atomic E-state index is 0.0335. The highest BCUT2D eigenvalue weighted by Crippen LogP contribution is 1.98. The van der Waals surface area contributed by atoms with Crippen LogP contribution in [0.2, 0.25) is 0 Å². The number of hydrogen-bond acceptors (Lipinski definition) is 6. The Morgan fingerprint density at radius 3 is 2.74 bits per heavy atom. The van der Waals surface area contributed by atoms with Crippen molar-refractivity contribution in [3.8, 4) is 0 Å². The standard InChI is InChI=1S/C11H24N2O5S/c1-2-17-7-8-19(15,16)12-9-11(14)10-13-3-5-18-6-4-13/h11-12,14H,2-10H2,1H3/t11-/m0/s1. The van der Waals surface area contributed by atoms with Gasteiger partial charge < -0.3 is 14.6 Å². The molecule has 0 spiro atoms. The fraction of sp³-hybridized carbons (Fsp3) is 1.00. The van der Waals surface area contributed by atoms with E-state index in [9.17, 15) is 13.5 Å². The van der Waals surface area contributed by atoms with Crippen molar-refractivity contribution in [2.75, 3.05) is 58.4 Å². The van der Waals surface area contributed by atoms with Crippen molar-refractivity contribution in [3.63, 3.8) is 0 Å². The second-order valence-corrected chi connectivity index (χ2v) is 6.36. The number of nitrogens with zero attached hydrogens (tertiary/aromatic N) is 1. The van der Waals surface area contributed by atoms with E-state index < -0.39 is 16.1 Å². The summed E-state index contributed by atoms with van der Waals surface area (Å²) in [5.74, 6) is -0.0783. The minimum Gasteiger partial charge on any atom is -0.390 e. The minimum atomic E-state index is -3.37. The van der Waals surface area contributed by atoms with Crippen molar-refractivity contribution in [1.82, 2.24) is 9.62 Å². The Hall–Kier alpha value is -0.250. The molecule has 0 radical (unpaired) electrons. The zero-order valence-electron chi connectivity index (χ0n) is 11.4. The van der Waals surface area contributed by atoms with Crippen LogP contribution in [-0.2, 0) is 19.5 Å². The summed E-state index contributed by atoms with van der Waals surface area (Å²) >= 11 is 0. The Kier molecular flexibility index (Phi) is 7.81. The lowest BCUT2D eigenvalue weighted by atomic mass is 10.3. The second kappa shape index (κ2) is 8.83. The molecule has 1 fully saturated rings. The first-order chi connectivity index (χ1) is 9.03. The van der Waals surface area contributed by atoms with E-state index in [1.54, 1.807) is 0 Å². The van der Waals surface area contributed by atoms with Gasteiger partial charge in [-0.3, -0.25) is 4.90 Å². The molecule has 2 N–H and O–H groups in total. The molecule has 1 rings (SSSR count). The molecule has 7 nitrogen and oxygen atoms in total. The van der Waals surface area contributed by atoms with Gasteiger partial charge in [-0.2, -0.15) is 0 Å². The van der Waals surface area contributed by atoms with E-state index >= 15 is 0 Å². The van der Waals surface area contributed by atoms with E-state index in [0.717, 1.165) is 13.1 Å². The Morgan fingerprint density at radius 1 is 1.42 bits per heavy atom. The van der Waals surface area contributed by atoms with Gasteiger partial charge in [-0.05, 0) is 6.92 Å². The Labute approximate surface area is 114 Å². The summed E-state index contributed by atoms with van der Waals surface area (Å²) in [4.78, 5) is 2.06. The van der Waals surface area contributed by atoms with Crippen LogP contribution in [-0.4, -0.2) is 82.9 Å². The number of ether oxygens (including phenoxy) is 2. The summed E-state index contributed by atoms with van der Waals surface area (Å²) in [6.07, 6.45) is -0.708. The molecule has 0 amide bonds. The molecule has 8 heteroatoms. The summed E-state index contributed by atoms with van der Waals surface area (Å²) in [7, 11) is -3.37. The predicted molar refractivity (Wildman–Crippen MR) is 71.5 cm³/mol. The van der Waals surface area contributed by atoms with Crippen LogP contribution in [0.25, 0.3) is 0 Å². The first-order valence-electron chi connectivity index (χ1n) is 6.56. The third-order valence-corrected chi connectivity index (χ3v) is 4.12. The topological polar surface area (TPSA) is 88.1 Å². The Balaban J connectivity index is 2.18. The average Bonchev–Trinajstić information content (AvgIpc) is 2.38. The van der Waals surface area contributed by atoms with Gasteiger partial charge in [0.25, 0.3) is 0 Å². The fourth-order valence-electron chi connectivity index (χ4n) is 1.75. The van der Waals surface area contributed by atoms with Crippen LogP contribution in [0.1, 0.15) is 6.92 Å². The number of hydrogen-bond donors (Lipinski definition) is 2. The zero-order valence-corrected chi connectivity index (χ0v) is 12.2. The molecule has 0 bridgehead atoms. The van der Waals surface area contributed by atoms with Gasteiger partial charge in [0.1, 0.15) is 0 Å². The van der Waals surface area contributed by atoms with Gasteiger partial charge in [-0.25, -0.2) is 13.1 Å². The molecule has 19 heavy (non-hydrogen) atoms. The largest absolute Gasteiger partial charge is 0.390 e. The number of morpholine rings is 1. The van der Waals surface area contributed by atoms with Crippen LogP contribution in [0.4, 0.5) is 0 Å². The summed E-state index contributed by atoms with van der Waals surface area (Å²) in [6, 6.07) is 0. The third kappa shape index (κ3) is 7.81. The van der Waals surface area contributed by atoms with Gasteiger partial charge in [0.2, 0.25) is 10.0 Å². The first kappa shape index (κ1) is 16.8. The maximum absolute atomic E-state index is 11.6. The van der Waals surface area contributed by atoms with Gasteiger partial charge >= 0.3 is 0 Å². The molecule has 0 unspecified atom stereocenters. The summed E-state index contributed by atoms with van der Waals surface area (Å²) in [6.45, 7) is 5.83. The first-order valence-corrected chi connectivity index (χ1v) is 8.22. The molecular weight excluding hydrogens is 272 g/mol. The predicted octanol–water partition coefficient (Wildman–Crippen LogP) is -1.36. The fourth-order valence-corrected chi connectivity index (χ4v) is 2.68. The number of nitrogens with one attached hydrogen (secondary N) is 1. The van der Waals surface area contributed by atoms with Crippen LogP contribution < -0.4 is 4.72 Å². The van der Waals surface area contributed by atoms with Crippen LogP contribution >= 0.6 is 0 Å². The molecule has 1 aliphatic rings.